The first-order valence-electron chi connectivity index (χ1n) is 11.0. The molecule has 1 aromatic carbocycles. The zero-order valence-electron chi connectivity index (χ0n) is 18.8. The average molecular weight is 445 g/mol. The van der Waals surface area contributed by atoms with Gasteiger partial charge < -0.3 is 21.7 Å². The zero-order valence-corrected chi connectivity index (χ0v) is 18.8. The Labute approximate surface area is 192 Å². The van der Waals surface area contributed by atoms with Gasteiger partial charge in [-0.2, -0.15) is 0 Å². The van der Waals surface area contributed by atoms with E-state index in [4.69, 9.17) is 11.5 Å². The molecule has 0 spiro atoms. The quantitative estimate of drug-likeness (QED) is 0.419. The number of carbonyl (C=O) groups excluding carboxylic acids is 2. The minimum atomic E-state index is -0.505. The van der Waals surface area contributed by atoms with Gasteiger partial charge in [-0.15, -0.1) is 0 Å². The van der Waals surface area contributed by atoms with Crippen LogP contribution in [0.15, 0.2) is 54.5 Å². The normalized spacial score (nSPS) is 14.8. The molecule has 5 N–H and O–H groups in total. The van der Waals surface area contributed by atoms with E-state index in [0.717, 1.165) is 33.0 Å². The van der Waals surface area contributed by atoms with Gasteiger partial charge in [0, 0.05) is 54.4 Å². The summed E-state index contributed by atoms with van der Waals surface area (Å²) < 4.78 is 0. The number of likely N-dealkylation sites (tertiary alicyclic amines) is 1. The SMILES string of the molecule is Cc1ccncc1-c1cc(N)c2cnc(NC(=O)C=C3CCN(C(=O)C(C)N)CC3)cc2c1. The van der Waals surface area contributed by atoms with Gasteiger partial charge in [0.25, 0.3) is 0 Å². The van der Waals surface area contributed by atoms with Crippen molar-refractivity contribution in [1.29, 1.82) is 0 Å². The van der Waals surface area contributed by atoms with Gasteiger partial charge >= 0.3 is 0 Å². The Hall–Kier alpha value is -3.78. The smallest absolute Gasteiger partial charge is 0.249 e. The summed E-state index contributed by atoms with van der Waals surface area (Å²) in [5.74, 6) is 0.156. The lowest BCUT2D eigenvalue weighted by atomic mass is 9.99. The number of rotatable bonds is 4. The van der Waals surface area contributed by atoms with Gasteiger partial charge in [0.15, 0.2) is 0 Å². The van der Waals surface area contributed by atoms with Crippen molar-refractivity contribution in [3.8, 4) is 11.1 Å². The number of nitrogens with zero attached hydrogens (tertiary/aromatic N) is 3. The number of aryl methyl sites for hydroxylation is 1. The van der Waals surface area contributed by atoms with Crippen LogP contribution in [0.3, 0.4) is 0 Å². The van der Waals surface area contributed by atoms with Crippen LogP contribution in [0.1, 0.15) is 25.3 Å². The molecule has 8 heteroatoms. The molecule has 1 unspecified atom stereocenters. The van der Waals surface area contributed by atoms with Crippen molar-refractivity contribution in [2.45, 2.75) is 32.7 Å². The summed E-state index contributed by atoms with van der Waals surface area (Å²) in [6, 6.07) is 7.21. The van der Waals surface area contributed by atoms with E-state index in [0.29, 0.717) is 37.4 Å². The van der Waals surface area contributed by atoms with Gasteiger partial charge in [0.1, 0.15) is 5.82 Å². The number of hydrogen-bond acceptors (Lipinski definition) is 6. The third-order valence-electron chi connectivity index (χ3n) is 5.91. The summed E-state index contributed by atoms with van der Waals surface area (Å²) in [5, 5.41) is 4.55. The fraction of sp³-hybridized carbons (Fsp3) is 0.280. The van der Waals surface area contributed by atoms with Crippen LogP contribution in [0.2, 0.25) is 0 Å². The summed E-state index contributed by atoms with van der Waals surface area (Å²) >= 11 is 0. The van der Waals surface area contributed by atoms with Crippen molar-refractivity contribution in [2.24, 2.45) is 5.73 Å². The molecular formula is C25H28N6O2. The summed E-state index contributed by atoms with van der Waals surface area (Å²) in [6.45, 7) is 4.86. The number of aromatic nitrogens is 2. The third kappa shape index (κ3) is 5.01. The van der Waals surface area contributed by atoms with Crippen LogP contribution in [-0.2, 0) is 9.59 Å². The van der Waals surface area contributed by atoms with Crippen molar-refractivity contribution in [3.63, 3.8) is 0 Å². The third-order valence-corrected chi connectivity index (χ3v) is 5.91. The number of amides is 2. The molecule has 33 heavy (non-hydrogen) atoms. The van der Waals surface area contributed by atoms with Crippen molar-refractivity contribution in [2.75, 3.05) is 24.1 Å². The van der Waals surface area contributed by atoms with Gasteiger partial charge in [0.05, 0.1) is 6.04 Å². The van der Waals surface area contributed by atoms with E-state index in [2.05, 4.69) is 15.3 Å². The molecule has 3 aromatic rings. The Bertz CT molecular complexity index is 1240. The monoisotopic (exact) mass is 444 g/mol. The number of pyridine rings is 2. The van der Waals surface area contributed by atoms with Gasteiger partial charge in [0.2, 0.25) is 11.8 Å². The number of fused-ring (bicyclic) bond motifs is 1. The Kier molecular flexibility index (Phi) is 6.37. The van der Waals surface area contributed by atoms with Crippen LogP contribution in [0.4, 0.5) is 11.5 Å². The molecule has 8 nitrogen and oxygen atoms in total. The van der Waals surface area contributed by atoms with E-state index in [1.54, 1.807) is 30.3 Å². The molecule has 0 aliphatic carbocycles. The summed E-state index contributed by atoms with van der Waals surface area (Å²) in [5.41, 5.74) is 16.6. The van der Waals surface area contributed by atoms with Crippen molar-refractivity contribution >= 4 is 34.1 Å². The van der Waals surface area contributed by atoms with E-state index in [9.17, 15) is 9.59 Å². The average Bonchev–Trinajstić information content (AvgIpc) is 2.79. The number of benzene rings is 1. The summed E-state index contributed by atoms with van der Waals surface area (Å²) in [4.78, 5) is 34.9. The van der Waals surface area contributed by atoms with Gasteiger partial charge in [-0.3, -0.25) is 14.6 Å². The number of nitrogen functional groups attached to an aromatic ring is 1. The Morgan fingerprint density at radius 1 is 1.18 bits per heavy atom. The second-order valence-electron chi connectivity index (χ2n) is 8.45. The lowest BCUT2D eigenvalue weighted by molar-refractivity contribution is -0.132. The Morgan fingerprint density at radius 2 is 1.94 bits per heavy atom. The first kappa shape index (κ1) is 22.4. The summed E-state index contributed by atoms with van der Waals surface area (Å²) in [7, 11) is 0. The van der Waals surface area contributed by atoms with Crippen LogP contribution in [0.5, 0.6) is 0 Å². The molecule has 0 saturated carbocycles. The summed E-state index contributed by atoms with van der Waals surface area (Å²) in [6.07, 6.45) is 8.16. The Balaban J connectivity index is 1.50. The van der Waals surface area contributed by atoms with Gasteiger partial charge in [-0.05, 0) is 67.5 Å². The highest BCUT2D eigenvalue weighted by Crippen LogP contribution is 2.31. The number of nitrogens with one attached hydrogen (secondary N) is 1. The Morgan fingerprint density at radius 3 is 2.64 bits per heavy atom. The minimum absolute atomic E-state index is 0.0565. The van der Waals surface area contributed by atoms with Gasteiger partial charge in [-0.25, -0.2) is 4.98 Å². The molecule has 2 amide bonds. The van der Waals surface area contributed by atoms with Crippen LogP contribution in [0, 0.1) is 6.92 Å². The molecule has 1 fully saturated rings. The molecule has 3 heterocycles. The molecule has 4 rings (SSSR count). The van der Waals surface area contributed by atoms with Crippen LogP contribution < -0.4 is 16.8 Å². The number of hydrogen-bond donors (Lipinski definition) is 3. The standard InChI is InChI=1S/C25H28N6O2/c1-15-3-6-28-13-20(15)18-10-19-12-23(29-14-21(19)22(27)11-18)30-24(32)9-17-4-7-31(8-5-17)25(33)16(2)26/h3,6,9-14,16H,4-5,7-8,26-27H2,1-2H3,(H,29,30,32). The second-order valence-corrected chi connectivity index (χ2v) is 8.45. The fourth-order valence-electron chi connectivity index (χ4n) is 4.07. The van der Waals surface area contributed by atoms with E-state index < -0.39 is 6.04 Å². The molecule has 1 aliphatic heterocycles. The van der Waals surface area contributed by atoms with Crippen LogP contribution in [0.25, 0.3) is 21.9 Å². The number of anilines is 2. The van der Waals surface area contributed by atoms with Crippen LogP contribution in [-0.4, -0.2) is 45.8 Å². The highest BCUT2D eigenvalue weighted by Gasteiger charge is 2.21. The predicted molar refractivity (Wildman–Crippen MR) is 130 cm³/mol. The van der Waals surface area contributed by atoms with E-state index >= 15 is 0 Å². The lowest BCUT2D eigenvalue weighted by Gasteiger charge is -2.29. The fourth-order valence-corrected chi connectivity index (χ4v) is 4.07. The molecule has 1 atom stereocenters. The highest BCUT2D eigenvalue weighted by atomic mass is 16.2. The zero-order chi connectivity index (χ0) is 23.5. The number of piperidine rings is 1. The minimum Gasteiger partial charge on any atom is -0.398 e. The van der Waals surface area contributed by atoms with Gasteiger partial charge in [-0.1, -0.05) is 5.57 Å². The topological polar surface area (TPSA) is 127 Å². The number of carbonyl (C=O) groups is 2. The molecule has 0 bridgehead atoms. The highest BCUT2D eigenvalue weighted by molar-refractivity contribution is 6.02. The van der Waals surface area contributed by atoms with Crippen molar-refractivity contribution in [3.05, 3.63) is 60.1 Å². The number of nitrogens with two attached hydrogens (primary N) is 2. The maximum atomic E-state index is 12.6. The maximum Gasteiger partial charge on any atom is 0.249 e. The molecule has 1 saturated heterocycles. The van der Waals surface area contributed by atoms with E-state index in [1.165, 1.54) is 0 Å². The first-order valence-corrected chi connectivity index (χ1v) is 11.0. The molecule has 170 valence electrons. The van der Waals surface area contributed by atoms with Crippen molar-refractivity contribution < 1.29 is 9.59 Å². The van der Waals surface area contributed by atoms with Crippen molar-refractivity contribution in [1.82, 2.24) is 14.9 Å². The maximum absolute atomic E-state index is 12.6. The molecule has 1 aliphatic rings. The lowest BCUT2D eigenvalue weighted by Crippen LogP contribution is -2.44. The second kappa shape index (κ2) is 9.38. The van der Waals surface area contributed by atoms with Crippen LogP contribution >= 0.6 is 0 Å². The first-order chi connectivity index (χ1) is 15.8. The molecule has 2 aromatic heterocycles. The molecular weight excluding hydrogens is 416 g/mol. The largest absolute Gasteiger partial charge is 0.398 e. The van der Waals surface area contributed by atoms with E-state index in [1.807, 2.05) is 37.4 Å². The molecule has 0 radical (unpaired) electrons. The predicted octanol–water partition coefficient (Wildman–Crippen LogP) is 3.02. The van der Waals surface area contributed by atoms with E-state index in [-0.39, 0.29) is 11.8 Å².